The molecule has 4 nitrogen and oxygen atoms in total. The first kappa shape index (κ1) is 14.0. The van der Waals surface area contributed by atoms with E-state index in [1.54, 1.807) is 14.0 Å². The molecule has 5 heteroatoms. The van der Waals surface area contributed by atoms with Crippen LogP contribution in [0.1, 0.15) is 12.5 Å². The molecule has 1 N–H and O–H groups in total. The molecule has 0 spiro atoms. The van der Waals surface area contributed by atoms with E-state index in [-0.39, 0.29) is 12.0 Å². The van der Waals surface area contributed by atoms with Crippen LogP contribution >= 0.6 is 15.9 Å². The van der Waals surface area contributed by atoms with Gasteiger partial charge >= 0.3 is 5.97 Å². The summed E-state index contributed by atoms with van der Waals surface area (Å²) in [5.74, 6) is 0.514. The molecule has 1 aromatic rings. The molecule has 17 heavy (non-hydrogen) atoms. The number of methoxy groups -OCH3 is 2. The highest BCUT2D eigenvalue weighted by atomic mass is 79.9. The maximum atomic E-state index is 11.2. The second-order valence-electron chi connectivity index (χ2n) is 3.58. The number of hydrogen-bond acceptors (Lipinski definition) is 4. The van der Waals surface area contributed by atoms with Crippen LogP contribution in [0, 0.1) is 0 Å². The lowest BCUT2D eigenvalue weighted by Gasteiger charge is -2.13. The van der Waals surface area contributed by atoms with Crippen molar-refractivity contribution >= 4 is 21.9 Å². The van der Waals surface area contributed by atoms with E-state index < -0.39 is 0 Å². The number of esters is 1. The van der Waals surface area contributed by atoms with Crippen LogP contribution < -0.4 is 10.1 Å². The van der Waals surface area contributed by atoms with Gasteiger partial charge in [-0.15, -0.1) is 0 Å². The molecule has 0 heterocycles. The van der Waals surface area contributed by atoms with Gasteiger partial charge < -0.3 is 14.8 Å². The van der Waals surface area contributed by atoms with Crippen LogP contribution in [0.2, 0.25) is 0 Å². The fourth-order valence-electron chi connectivity index (χ4n) is 1.34. The Hall–Kier alpha value is -1.07. The molecule has 94 valence electrons. The van der Waals surface area contributed by atoms with Crippen LogP contribution in [0.4, 0.5) is 0 Å². The number of rotatable bonds is 5. The number of halogens is 1. The minimum Gasteiger partial charge on any atom is -0.497 e. The van der Waals surface area contributed by atoms with Crippen molar-refractivity contribution in [1.82, 2.24) is 5.32 Å². The molecule has 0 aliphatic carbocycles. The van der Waals surface area contributed by atoms with Gasteiger partial charge in [-0.25, -0.2) is 0 Å². The van der Waals surface area contributed by atoms with Gasteiger partial charge in [0.05, 0.1) is 14.2 Å². The lowest BCUT2D eigenvalue weighted by atomic mass is 10.2. The van der Waals surface area contributed by atoms with Gasteiger partial charge in [0.1, 0.15) is 11.8 Å². The zero-order valence-corrected chi connectivity index (χ0v) is 11.7. The maximum Gasteiger partial charge on any atom is 0.322 e. The third-order valence-corrected chi connectivity index (χ3v) is 3.18. The lowest BCUT2D eigenvalue weighted by Crippen LogP contribution is -2.34. The Morgan fingerprint density at radius 1 is 1.47 bits per heavy atom. The molecular formula is C12H16BrNO3. The molecule has 0 fully saturated rings. The average molecular weight is 302 g/mol. The number of carbonyl (C=O) groups is 1. The van der Waals surface area contributed by atoms with Gasteiger partial charge in [-0.2, -0.15) is 0 Å². The summed E-state index contributed by atoms with van der Waals surface area (Å²) in [7, 11) is 3.00. The van der Waals surface area contributed by atoms with Crippen LogP contribution in [-0.4, -0.2) is 26.2 Å². The van der Waals surface area contributed by atoms with E-state index in [0.29, 0.717) is 6.54 Å². The molecule has 0 amide bonds. The van der Waals surface area contributed by atoms with Crippen molar-refractivity contribution in [2.45, 2.75) is 19.5 Å². The topological polar surface area (TPSA) is 47.6 Å². The van der Waals surface area contributed by atoms with E-state index in [9.17, 15) is 4.79 Å². The van der Waals surface area contributed by atoms with Gasteiger partial charge in [0, 0.05) is 11.0 Å². The fourth-order valence-corrected chi connectivity index (χ4v) is 1.72. The minimum absolute atomic E-state index is 0.274. The van der Waals surface area contributed by atoms with E-state index in [0.717, 1.165) is 15.8 Å². The standard InChI is InChI=1S/C12H16BrNO3/c1-8(12(15)17-3)14-7-9-6-10(16-2)4-5-11(9)13/h4-6,8,14H,7H2,1-3H3/t8-/m0/s1. The second kappa shape index (κ2) is 6.61. The number of ether oxygens (including phenoxy) is 2. The summed E-state index contributed by atoms with van der Waals surface area (Å²) in [5.41, 5.74) is 1.03. The van der Waals surface area contributed by atoms with Crippen molar-refractivity contribution in [3.05, 3.63) is 28.2 Å². The molecule has 0 bridgehead atoms. The third kappa shape index (κ3) is 4.02. The molecule has 0 radical (unpaired) electrons. The maximum absolute atomic E-state index is 11.2. The quantitative estimate of drug-likeness (QED) is 0.846. The summed E-state index contributed by atoms with van der Waals surface area (Å²) in [5, 5.41) is 3.08. The van der Waals surface area contributed by atoms with E-state index in [1.807, 2.05) is 18.2 Å². The summed E-state index contributed by atoms with van der Waals surface area (Å²) in [6.45, 7) is 2.33. The molecule has 1 aromatic carbocycles. The molecular weight excluding hydrogens is 286 g/mol. The molecule has 0 aliphatic heterocycles. The third-order valence-electron chi connectivity index (χ3n) is 2.41. The lowest BCUT2D eigenvalue weighted by molar-refractivity contribution is -0.142. The van der Waals surface area contributed by atoms with Crippen LogP contribution in [-0.2, 0) is 16.1 Å². The molecule has 0 saturated heterocycles. The highest BCUT2D eigenvalue weighted by molar-refractivity contribution is 9.10. The number of carbonyl (C=O) groups excluding carboxylic acids is 1. The van der Waals surface area contributed by atoms with Crippen molar-refractivity contribution in [1.29, 1.82) is 0 Å². The summed E-state index contributed by atoms with van der Waals surface area (Å²) >= 11 is 3.45. The predicted molar refractivity (Wildman–Crippen MR) is 69.0 cm³/mol. The zero-order chi connectivity index (χ0) is 12.8. The largest absolute Gasteiger partial charge is 0.497 e. The SMILES string of the molecule is COC(=O)[C@H](C)NCc1cc(OC)ccc1Br. The van der Waals surface area contributed by atoms with Gasteiger partial charge in [-0.1, -0.05) is 15.9 Å². The highest BCUT2D eigenvalue weighted by Gasteiger charge is 2.12. The Bertz CT molecular complexity index is 395. The van der Waals surface area contributed by atoms with Crippen LogP contribution in [0.3, 0.4) is 0 Å². The van der Waals surface area contributed by atoms with Gasteiger partial charge in [0.25, 0.3) is 0 Å². The van der Waals surface area contributed by atoms with Gasteiger partial charge in [-0.3, -0.25) is 4.79 Å². The van der Waals surface area contributed by atoms with Crippen LogP contribution in [0.25, 0.3) is 0 Å². The van der Waals surface area contributed by atoms with E-state index in [4.69, 9.17) is 4.74 Å². The Kier molecular flexibility index (Phi) is 5.44. The van der Waals surface area contributed by atoms with E-state index >= 15 is 0 Å². The molecule has 0 aromatic heterocycles. The van der Waals surface area contributed by atoms with Crippen LogP contribution in [0.5, 0.6) is 5.75 Å². The summed E-state index contributed by atoms with van der Waals surface area (Å²) in [6, 6.07) is 5.37. The Labute approximate surface area is 109 Å². The van der Waals surface area contributed by atoms with Gasteiger partial charge in [0.15, 0.2) is 0 Å². The summed E-state index contributed by atoms with van der Waals surface area (Å²) in [4.78, 5) is 11.2. The molecule has 0 aliphatic rings. The summed E-state index contributed by atoms with van der Waals surface area (Å²) < 4.78 is 10.8. The van der Waals surface area contributed by atoms with Crippen molar-refractivity contribution in [2.75, 3.05) is 14.2 Å². The Morgan fingerprint density at radius 2 is 2.18 bits per heavy atom. The van der Waals surface area contributed by atoms with Crippen molar-refractivity contribution in [2.24, 2.45) is 0 Å². The fraction of sp³-hybridized carbons (Fsp3) is 0.417. The Balaban J connectivity index is 2.65. The smallest absolute Gasteiger partial charge is 0.322 e. The minimum atomic E-state index is -0.335. The van der Waals surface area contributed by atoms with Crippen molar-refractivity contribution in [3.8, 4) is 5.75 Å². The number of benzene rings is 1. The number of nitrogens with one attached hydrogen (secondary N) is 1. The van der Waals surface area contributed by atoms with Gasteiger partial charge in [-0.05, 0) is 30.7 Å². The first-order valence-electron chi connectivity index (χ1n) is 5.22. The van der Waals surface area contributed by atoms with Crippen molar-refractivity contribution < 1.29 is 14.3 Å². The highest BCUT2D eigenvalue weighted by Crippen LogP contribution is 2.22. The zero-order valence-electron chi connectivity index (χ0n) is 10.1. The molecule has 0 saturated carbocycles. The second-order valence-corrected chi connectivity index (χ2v) is 4.44. The average Bonchev–Trinajstić information content (AvgIpc) is 2.36. The first-order chi connectivity index (χ1) is 8.08. The first-order valence-corrected chi connectivity index (χ1v) is 6.01. The van der Waals surface area contributed by atoms with Gasteiger partial charge in [0.2, 0.25) is 0 Å². The van der Waals surface area contributed by atoms with Crippen molar-refractivity contribution in [3.63, 3.8) is 0 Å². The molecule has 1 atom stereocenters. The Morgan fingerprint density at radius 3 is 2.76 bits per heavy atom. The summed E-state index contributed by atoms with van der Waals surface area (Å²) in [6.07, 6.45) is 0. The molecule has 0 unspecified atom stereocenters. The van der Waals surface area contributed by atoms with E-state index in [1.165, 1.54) is 7.11 Å². The van der Waals surface area contributed by atoms with E-state index in [2.05, 4.69) is 26.0 Å². The monoisotopic (exact) mass is 301 g/mol. The predicted octanol–water partition coefficient (Wildman–Crippen LogP) is 2.11. The van der Waals surface area contributed by atoms with Crippen LogP contribution in [0.15, 0.2) is 22.7 Å². The normalized spacial score (nSPS) is 12.0. The number of hydrogen-bond donors (Lipinski definition) is 1. The molecule has 1 rings (SSSR count).